The number of amides is 1. The maximum atomic E-state index is 12.0. The van der Waals surface area contributed by atoms with E-state index in [1.54, 1.807) is 17.9 Å². The summed E-state index contributed by atoms with van der Waals surface area (Å²) in [5, 5.41) is 11.3. The number of oxime groups is 1. The van der Waals surface area contributed by atoms with Crippen LogP contribution in [0, 0.1) is 0 Å². The minimum atomic E-state index is -0.200. The van der Waals surface area contributed by atoms with E-state index in [2.05, 4.69) is 10.1 Å². The van der Waals surface area contributed by atoms with Gasteiger partial charge >= 0.3 is 0 Å². The Morgan fingerprint density at radius 3 is 2.88 bits per heavy atom. The summed E-state index contributed by atoms with van der Waals surface area (Å²) >= 11 is 0. The first-order valence-electron chi connectivity index (χ1n) is 4.82. The fourth-order valence-corrected chi connectivity index (χ4v) is 1.28. The van der Waals surface area contributed by atoms with Crippen LogP contribution in [0.4, 0.5) is 0 Å². The number of likely N-dealkylation sites (N-methyl/N-ethyl adjacent to an activating group) is 1. The number of amidine groups is 1. The van der Waals surface area contributed by atoms with Crippen molar-refractivity contribution in [3.63, 3.8) is 0 Å². The quantitative estimate of drug-likeness (QED) is 0.316. The van der Waals surface area contributed by atoms with Crippen LogP contribution in [0.1, 0.15) is 17.4 Å². The van der Waals surface area contributed by atoms with Gasteiger partial charge in [-0.2, -0.15) is 0 Å². The summed E-state index contributed by atoms with van der Waals surface area (Å²) in [7, 11) is 1.73. The Labute approximate surface area is 93.2 Å². The third-order valence-corrected chi connectivity index (χ3v) is 2.19. The van der Waals surface area contributed by atoms with Crippen molar-refractivity contribution in [3.8, 4) is 0 Å². The summed E-state index contributed by atoms with van der Waals surface area (Å²) < 4.78 is 1.62. The molecule has 0 unspecified atom stereocenters. The van der Waals surface area contributed by atoms with Crippen LogP contribution in [0.5, 0.6) is 0 Å². The molecular weight excluding hydrogens is 210 g/mol. The first kappa shape index (κ1) is 12.0. The molecule has 88 valence electrons. The number of aryl methyl sites for hydroxylation is 1. The van der Waals surface area contributed by atoms with E-state index in [4.69, 9.17) is 10.9 Å². The van der Waals surface area contributed by atoms with Gasteiger partial charge < -0.3 is 20.4 Å². The second-order valence-electron chi connectivity index (χ2n) is 3.30. The van der Waals surface area contributed by atoms with E-state index in [9.17, 15) is 4.79 Å². The van der Waals surface area contributed by atoms with Gasteiger partial charge in [0.05, 0.1) is 19.1 Å². The lowest BCUT2D eigenvalue weighted by Crippen LogP contribution is -2.39. The van der Waals surface area contributed by atoms with Gasteiger partial charge in [0.1, 0.15) is 5.69 Å². The van der Waals surface area contributed by atoms with Gasteiger partial charge in [0, 0.05) is 13.6 Å². The Kier molecular flexibility index (Phi) is 3.87. The minimum Gasteiger partial charge on any atom is -0.409 e. The SMILES string of the molecule is CCN(CC(N)=NO)C(=O)c1cncn1C. The molecular formula is C9H15N5O2. The fraction of sp³-hybridized carbons (Fsp3) is 0.444. The predicted molar refractivity (Wildman–Crippen MR) is 58.2 cm³/mol. The van der Waals surface area contributed by atoms with Gasteiger partial charge in [-0.3, -0.25) is 4.79 Å². The van der Waals surface area contributed by atoms with Crippen LogP contribution in [-0.2, 0) is 7.05 Å². The van der Waals surface area contributed by atoms with E-state index in [1.165, 1.54) is 11.1 Å². The van der Waals surface area contributed by atoms with Gasteiger partial charge in [0.25, 0.3) is 5.91 Å². The van der Waals surface area contributed by atoms with Crippen LogP contribution in [0.3, 0.4) is 0 Å². The molecule has 1 rings (SSSR count). The minimum absolute atomic E-state index is 0.00244. The molecule has 0 aromatic carbocycles. The van der Waals surface area contributed by atoms with E-state index in [-0.39, 0.29) is 18.3 Å². The number of nitrogens with zero attached hydrogens (tertiary/aromatic N) is 4. The molecule has 0 atom stereocenters. The lowest BCUT2D eigenvalue weighted by molar-refractivity contribution is 0.0776. The third kappa shape index (κ3) is 2.50. The summed E-state index contributed by atoms with van der Waals surface area (Å²) in [5.41, 5.74) is 5.83. The van der Waals surface area contributed by atoms with Gasteiger partial charge in [-0.1, -0.05) is 5.16 Å². The molecule has 0 aliphatic heterocycles. The van der Waals surface area contributed by atoms with Gasteiger partial charge in [-0.05, 0) is 6.92 Å². The zero-order valence-corrected chi connectivity index (χ0v) is 9.29. The number of carbonyl (C=O) groups excluding carboxylic acids is 1. The van der Waals surface area contributed by atoms with E-state index in [1.807, 2.05) is 6.92 Å². The number of hydrogen-bond acceptors (Lipinski definition) is 4. The summed E-state index contributed by atoms with van der Waals surface area (Å²) in [4.78, 5) is 17.3. The van der Waals surface area contributed by atoms with E-state index in [0.717, 1.165) is 0 Å². The van der Waals surface area contributed by atoms with Crippen molar-refractivity contribution in [1.82, 2.24) is 14.5 Å². The molecule has 16 heavy (non-hydrogen) atoms. The standard InChI is InChI=1S/C9H15N5O2/c1-3-14(5-8(10)12-16)9(15)7-4-11-6-13(7)2/h4,6,16H,3,5H2,1-2H3,(H2,10,12). The molecule has 1 aromatic rings. The van der Waals surface area contributed by atoms with E-state index < -0.39 is 0 Å². The van der Waals surface area contributed by atoms with Crippen LogP contribution in [0.25, 0.3) is 0 Å². The summed E-state index contributed by atoms with van der Waals surface area (Å²) in [6.45, 7) is 2.39. The normalized spacial score (nSPS) is 11.5. The lowest BCUT2D eigenvalue weighted by atomic mass is 10.3. The number of aromatic nitrogens is 2. The Morgan fingerprint density at radius 1 is 1.75 bits per heavy atom. The van der Waals surface area contributed by atoms with E-state index >= 15 is 0 Å². The topological polar surface area (TPSA) is 96.7 Å². The Balaban J connectivity index is 2.82. The van der Waals surface area contributed by atoms with Crippen LogP contribution in [0.15, 0.2) is 17.7 Å². The summed E-state index contributed by atoms with van der Waals surface area (Å²) in [5.74, 6) is -0.202. The van der Waals surface area contributed by atoms with Crippen LogP contribution >= 0.6 is 0 Å². The lowest BCUT2D eigenvalue weighted by Gasteiger charge is -2.19. The second kappa shape index (κ2) is 5.15. The molecule has 0 aliphatic rings. The molecule has 3 N–H and O–H groups in total. The monoisotopic (exact) mass is 225 g/mol. The molecule has 0 fully saturated rings. The fourth-order valence-electron chi connectivity index (χ4n) is 1.28. The van der Waals surface area contributed by atoms with Gasteiger partial charge in [0.2, 0.25) is 0 Å². The Morgan fingerprint density at radius 2 is 2.44 bits per heavy atom. The van der Waals surface area contributed by atoms with Crippen molar-refractivity contribution in [2.24, 2.45) is 17.9 Å². The molecule has 0 radical (unpaired) electrons. The maximum absolute atomic E-state index is 12.0. The zero-order chi connectivity index (χ0) is 12.1. The maximum Gasteiger partial charge on any atom is 0.272 e. The number of rotatable bonds is 4. The molecule has 1 amide bonds. The number of imidazole rings is 1. The van der Waals surface area contributed by atoms with Crippen LogP contribution in [0.2, 0.25) is 0 Å². The molecule has 1 heterocycles. The summed E-state index contributed by atoms with van der Waals surface area (Å²) in [6.07, 6.45) is 3.03. The van der Waals surface area contributed by atoms with Gasteiger partial charge in [0.15, 0.2) is 5.84 Å². The van der Waals surface area contributed by atoms with Crippen LogP contribution in [-0.4, -0.2) is 44.5 Å². The Hall–Kier alpha value is -2.05. The smallest absolute Gasteiger partial charge is 0.272 e. The molecule has 7 nitrogen and oxygen atoms in total. The van der Waals surface area contributed by atoms with Gasteiger partial charge in [-0.25, -0.2) is 4.98 Å². The molecule has 0 saturated carbocycles. The second-order valence-corrected chi connectivity index (χ2v) is 3.30. The van der Waals surface area contributed by atoms with E-state index in [0.29, 0.717) is 12.2 Å². The van der Waals surface area contributed by atoms with Crippen molar-refractivity contribution in [2.75, 3.05) is 13.1 Å². The summed E-state index contributed by atoms with van der Waals surface area (Å²) in [6, 6.07) is 0. The number of hydrogen-bond donors (Lipinski definition) is 2. The number of carbonyl (C=O) groups is 1. The zero-order valence-electron chi connectivity index (χ0n) is 9.29. The largest absolute Gasteiger partial charge is 0.409 e. The molecule has 0 spiro atoms. The first-order chi connectivity index (χ1) is 7.60. The van der Waals surface area contributed by atoms with Crippen molar-refractivity contribution >= 4 is 11.7 Å². The number of nitrogens with two attached hydrogens (primary N) is 1. The average Bonchev–Trinajstić information content (AvgIpc) is 2.71. The highest BCUT2D eigenvalue weighted by atomic mass is 16.4. The predicted octanol–water partition coefficient (Wildman–Crippen LogP) is -0.371. The molecule has 7 heteroatoms. The molecule has 0 bridgehead atoms. The third-order valence-electron chi connectivity index (χ3n) is 2.19. The van der Waals surface area contributed by atoms with Crippen molar-refractivity contribution < 1.29 is 10.0 Å². The van der Waals surface area contributed by atoms with Gasteiger partial charge in [-0.15, -0.1) is 0 Å². The van der Waals surface area contributed by atoms with Crippen molar-refractivity contribution in [2.45, 2.75) is 6.92 Å². The van der Waals surface area contributed by atoms with Crippen LogP contribution < -0.4 is 5.73 Å². The van der Waals surface area contributed by atoms with Crippen molar-refractivity contribution in [3.05, 3.63) is 18.2 Å². The average molecular weight is 225 g/mol. The molecule has 0 aliphatic carbocycles. The molecule has 0 saturated heterocycles. The molecule has 1 aromatic heterocycles. The highest BCUT2D eigenvalue weighted by molar-refractivity contribution is 5.95. The highest BCUT2D eigenvalue weighted by Crippen LogP contribution is 2.02. The van der Waals surface area contributed by atoms with Crippen molar-refractivity contribution in [1.29, 1.82) is 0 Å². The first-order valence-corrected chi connectivity index (χ1v) is 4.82. The highest BCUT2D eigenvalue weighted by Gasteiger charge is 2.18. The Bertz CT molecular complexity index is 398.